The van der Waals surface area contributed by atoms with Crippen molar-refractivity contribution >= 4 is 11.8 Å². The van der Waals surface area contributed by atoms with Gasteiger partial charge in [0.1, 0.15) is 0 Å². The molecule has 0 aliphatic heterocycles. The zero-order chi connectivity index (χ0) is 12.0. The van der Waals surface area contributed by atoms with E-state index in [0.29, 0.717) is 6.04 Å². The largest absolute Gasteiger partial charge is 0.309 e. The number of aryl methyl sites for hydroxylation is 2. The number of benzene rings is 1. The highest BCUT2D eigenvalue weighted by atomic mass is 32.2. The molecule has 0 saturated carbocycles. The Hall–Kier alpha value is -0.470. The number of hydrogen-bond donors (Lipinski definition) is 1. The third-order valence-electron chi connectivity index (χ3n) is 2.74. The van der Waals surface area contributed by atoms with Gasteiger partial charge in [-0.25, -0.2) is 0 Å². The lowest BCUT2D eigenvalue weighted by Crippen LogP contribution is -2.30. The standard InChI is InChI=1S/C14H23NS/c1-5-14(10-16-4)15-9-13-7-11(2)6-12(3)8-13/h6-8,14-15H,5,9-10H2,1-4H3. The first kappa shape index (κ1) is 13.6. The highest BCUT2D eigenvalue weighted by molar-refractivity contribution is 7.98. The fourth-order valence-corrected chi connectivity index (χ4v) is 2.71. The van der Waals surface area contributed by atoms with Crippen LogP contribution < -0.4 is 5.32 Å². The van der Waals surface area contributed by atoms with Crippen LogP contribution in [-0.2, 0) is 6.54 Å². The molecule has 0 saturated heterocycles. The van der Waals surface area contributed by atoms with Gasteiger partial charge in [-0.15, -0.1) is 0 Å². The van der Waals surface area contributed by atoms with Gasteiger partial charge in [0.05, 0.1) is 0 Å². The molecule has 0 aliphatic rings. The molecule has 0 bridgehead atoms. The summed E-state index contributed by atoms with van der Waals surface area (Å²) < 4.78 is 0. The molecule has 1 aromatic carbocycles. The molecule has 0 amide bonds. The quantitative estimate of drug-likeness (QED) is 0.812. The number of thioether (sulfide) groups is 1. The van der Waals surface area contributed by atoms with Crippen molar-refractivity contribution in [2.75, 3.05) is 12.0 Å². The van der Waals surface area contributed by atoms with E-state index in [1.54, 1.807) is 0 Å². The van der Waals surface area contributed by atoms with Gasteiger partial charge in [-0.2, -0.15) is 11.8 Å². The van der Waals surface area contributed by atoms with Crippen molar-refractivity contribution in [2.24, 2.45) is 0 Å². The van der Waals surface area contributed by atoms with E-state index >= 15 is 0 Å². The molecule has 2 heteroatoms. The molecule has 0 radical (unpaired) electrons. The van der Waals surface area contributed by atoms with Crippen LogP contribution in [0, 0.1) is 13.8 Å². The monoisotopic (exact) mass is 237 g/mol. The van der Waals surface area contributed by atoms with Crippen molar-refractivity contribution in [1.82, 2.24) is 5.32 Å². The van der Waals surface area contributed by atoms with Gasteiger partial charge in [0.25, 0.3) is 0 Å². The molecule has 1 nitrogen and oxygen atoms in total. The van der Waals surface area contributed by atoms with Gasteiger partial charge in [0.15, 0.2) is 0 Å². The Morgan fingerprint density at radius 1 is 1.19 bits per heavy atom. The van der Waals surface area contributed by atoms with Crippen LogP contribution in [0.15, 0.2) is 18.2 Å². The molecule has 16 heavy (non-hydrogen) atoms. The smallest absolute Gasteiger partial charge is 0.0208 e. The fourth-order valence-electron chi connectivity index (χ4n) is 1.96. The first-order valence-electron chi connectivity index (χ1n) is 5.95. The zero-order valence-electron chi connectivity index (χ0n) is 10.8. The van der Waals surface area contributed by atoms with Crippen LogP contribution in [0.2, 0.25) is 0 Å². The van der Waals surface area contributed by atoms with Crippen molar-refractivity contribution in [3.05, 3.63) is 34.9 Å². The summed E-state index contributed by atoms with van der Waals surface area (Å²) in [7, 11) is 0. The predicted molar refractivity (Wildman–Crippen MR) is 75.2 cm³/mol. The molecule has 0 aromatic heterocycles. The second-order valence-electron chi connectivity index (χ2n) is 4.44. The SMILES string of the molecule is CCC(CSC)NCc1cc(C)cc(C)c1. The van der Waals surface area contributed by atoms with Crippen molar-refractivity contribution < 1.29 is 0 Å². The van der Waals surface area contributed by atoms with E-state index in [1.807, 2.05) is 11.8 Å². The lowest BCUT2D eigenvalue weighted by Gasteiger charge is -2.16. The van der Waals surface area contributed by atoms with Crippen molar-refractivity contribution in [3.8, 4) is 0 Å². The molecular formula is C14H23NS. The Labute approximate surface area is 104 Å². The number of hydrogen-bond acceptors (Lipinski definition) is 2. The van der Waals surface area contributed by atoms with E-state index in [9.17, 15) is 0 Å². The lowest BCUT2D eigenvalue weighted by molar-refractivity contribution is 0.541. The summed E-state index contributed by atoms with van der Waals surface area (Å²) in [6.07, 6.45) is 3.37. The molecule has 0 spiro atoms. The average Bonchev–Trinajstić information content (AvgIpc) is 2.23. The van der Waals surface area contributed by atoms with Crippen LogP contribution in [0.25, 0.3) is 0 Å². The maximum absolute atomic E-state index is 3.62. The summed E-state index contributed by atoms with van der Waals surface area (Å²) in [6, 6.07) is 7.40. The summed E-state index contributed by atoms with van der Waals surface area (Å²) >= 11 is 1.91. The number of nitrogens with one attached hydrogen (secondary N) is 1. The van der Waals surface area contributed by atoms with Gasteiger partial charge >= 0.3 is 0 Å². The van der Waals surface area contributed by atoms with Crippen LogP contribution in [0.5, 0.6) is 0 Å². The molecule has 1 unspecified atom stereocenters. The molecule has 1 N–H and O–H groups in total. The second kappa shape index (κ2) is 6.97. The minimum atomic E-state index is 0.635. The zero-order valence-corrected chi connectivity index (χ0v) is 11.7. The van der Waals surface area contributed by atoms with Gasteiger partial charge in [0.2, 0.25) is 0 Å². The van der Waals surface area contributed by atoms with E-state index in [1.165, 1.54) is 28.9 Å². The van der Waals surface area contributed by atoms with Crippen molar-refractivity contribution in [1.29, 1.82) is 0 Å². The molecular weight excluding hydrogens is 214 g/mol. The minimum Gasteiger partial charge on any atom is -0.309 e. The molecule has 0 fully saturated rings. The van der Waals surface area contributed by atoms with Crippen LogP contribution in [0.3, 0.4) is 0 Å². The van der Waals surface area contributed by atoms with E-state index < -0.39 is 0 Å². The second-order valence-corrected chi connectivity index (χ2v) is 5.35. The van der Waals surface area contributed by atoms with Gasteiger partial charge in [0, 0.05) is 18.3 Å². The highest BCUT2D eigenvalue weighted by Gasteiger charge is 2.04. The molecule has 0 heterocycles. The summed E-state index contributed by atoms with van der Waals surface area (Å²) in [5.74, 6) is 1.20. The average molecular weight is 237 g/mol. The van der Waals surface area contributed by atoms with Crippen molar-refractivity contribution in [2.45, 2.75) is 39.8 Å². The van der Waals surface area contributed by atoms with E-state index in [-0.39, 0.29) is 0 Å². The summed E-state index contributed by atoms with van der Waals surface area (Å²) in [5.41, 5.74) is 4.11. The lowest BCUT2D eigenvalue weighted by atomic mass is 10.1. The first-order chi connectivity index (χ1) is 7.65. The molecule has 1 atom stereocenters. The third kappa shape index (κ3) is 4.58. The molecule has 1 rings (SSSR count). The summed E-state index contributed by atoms with van der Waals surface area (Å²) in [4.78, 5) is 0. The summed E-state index contributed by atoms with van der Waals surface area (Å²) in [6.45, 7) is 7.56. The Morgan fingerprint density at radius 2 is 1.81 bits per heavy atom. The van der Waals surface area contributed by atoms with Crippen LogP contribution in [0.1, 0.15) is 30.0 Å². The normalized spacial score (nSPS) is 12.8. The van der Waals surface area contributed by atoms with E-state index in [2.05, 4.69) is 50.5 Å². The molecule has 1 aromatic rings. The Kier molecular flexibility index (Phi) is 5.93. The maximum Gasteiger partial charge on any atom is 0.0208 e. The Bertz CT molecular complexity index is 302. The predicted octanol–water partition coefficient (Wildman–Crippen LogP) is 3.53. The molecule has 90 valence electrons. The third-order valence-corrected chi connectivity index (χ3v) is 3.47. The summed E-state index contributed by atoms with van der Waals surface area (Å²) in [5, 5.41) is 3.62. The topological polar surface area (TPSA) is 12.0 Å². The van der Waals surface area contributed by atoms with Gasteiger partial charge < -0.3 is 5.32 Å². The first-order valence-corrected chi connectivity index (χ1v) is 7.34. The Balaban J connectivity index is 2.52. The van der Waals surface area contributed by atoms with Gasteiger partial charge in [-0.1, -0.05) is 36.2 Å². The highest BCUT2D eigenvalue weighted by Crippen LogP contribution is 2.09. The number of rotatable bonds is 6. The van der Waals surface area contributed by atoms with Crippen LogP contribution >= 0.6 is 11.8 Å². The van der Waals surface area contributed by atoms with Gasteiger partial charge in [-0.05, 0) is 32.1 Å². The van der Waals surface area contributed by atoms with E-state index in [4.69, 9.17) is 0 Å². The Morgan fingerprint density at radius 3 is 2.31 bits per heavy atom. The fraction of sp³-hybridized carbons (Fsp3) is 0.571. The maximum atomic E-state index is 3.62. The van der Waals surface area contributed by atoms with Crippen LogP contribution in [0.4, 0.5) is 0 Å². The van der Waals surface area contributed by atoms with E-state index in [0.717, 1.165) is 6.54 Å². The van der Waals surface area contributed by atoms with Crippen LogP contribution in [-0.4, -0.2) is 18.1 Å². The molecule has 0 aliphatic carbocycles. The minimum absolute atomic E-state index is 0.635. The van der Waals surface area contributed by atoms with Crippen molar-refractivity contribution in [3.63, 3.8) is 0 Å². The van der Waals surface area contributed by atoms with Gasteiger partial charge in [-0.3, -0.25) is 0 Å².